The Morgan fingerprint density at radius 1 is 1.41 bits per heavy atom. The molecule has 0 unspecified atom stereocenters. The maximum absolute atomic E-state index is 10.7. The standard InChI is InChI=1S/C11H16N4O2/c1-15(8-4-6-12-7-5-8)10-3-2-9(11(16)17)13-14-10/h2-3,8,12H,4-7H2,1H3,(H,16,17). The summed E-state index contributed by atoms with van der Waals surface area (Å²) in [5.41, 5.74) is -0.0209. The molecule has 0 amide bonds. The molecule has 0 aromatic carbocycles. The number of anilines is 1. The van der Waals surface area contributed by atoms with Crippen LogP contribution >= 0.6 is 0 Å². The van der Waals surface area contributed by atoms with Crippen molar-refractivity contribution in [1.82, 2.24) is 15.5 Å². The van der Waals surface area contributed by atoms with E-state index in [0.29, 0.717) is 6.04 Å². The summed E-state index contributed by atoms with van der Waals surface area (Å²) in [5, 5.41) is 19.7. The van der Waals surface area contributed by atoms with Crippen molar-refractivity contribution in [2.75, 3.05) is 25.0 Å². The maximum atomic E-state index is 10.7. The van der Waals surface area contributed by atoms with Gasteiger partial charge in [0.1, 0.15) is 0 Å². The van der Waals surface area contributed by atoms with Gasteiger partial charge in [0, 0.05) is 13.1 Å². The van der Waals surface area contributed by atoms with Crippen LogP contribution in [0, 0.1) is 0 Å². The number of carboxylic acids is 1. The van der Waals surface area contributed by atoms with Crippen molar-refractivity contribution >= 4 is 11.8 Å². The number of nitrogens with zero attached hydrogens (tertiary/aromatic N) is 3. The minimum absolute atomic E-state index is 0.0209. The first-order valence-electron chi connectivity index (χ1n) is 5.69. The highest BCUT2D eigenvalue weighted by Crippen LogP contribution is 2.16. The van der Waals surface area contributed by atoms with Crippen LogP contribution in [0.15, 0.2) is 12.1 Å². The van der Waals surface area contributed by atoms with E-state index >= 15 is 0 Å². The highest BCUT2D eigenvalue weighted by molar-refractivity contribution is 5.85. The molecule has 92 valence electrons. The van der Waals surface area contributed by atoms with E-state index in [1.807, 2.05) is 7.05 Å². The molecular formula is C11H16N4O2. The fourth-order valence-electron chi connectivity index (χ4n) is 2.01. The second-order valence-electron chi connectivity index (χ2n) is 4.17. The molecule has 0 aliphatic carbocycles. The lowest BCUT2D eigenvalue weighted by molar-refractivity contribution is 0.0689. The molecular weight excluding hydrogens is 220 g/mol. The summed E-state index contributed by atoms with van der Waals surface area (Å²) in [6.07, 6.45) is 2.14. The fraction of sp³-hybridized carbons (Fsp3) is 0.545. The molecule has 0 spiro atoms. The maximum Gasteiger partial charge on any atom is 0.356 e. The van der Waals surface area contributed by atoms with Crippen LogP contribution in [0.4, 0.5) is 5.82 Å². The second kappa shape index (κ2) is 5.09. The first kappa shape index (κ1) is 11.8. The third kappa shape index (κ3) is 2.71. The Morgan fingerprint density at radius 3 is 2.65 bits per heavy atom. The van der Waals surface area contributed by atoms with Crippen molar-refractivity contribution in [1.29, 1.82) is 0 Å². The summed E-state index contributed by atoms with van der Waals surface area (Å²) in [4.78, 5) is 12.7. The smallest absolute Gasteiger partial charge is 0.356 e. The molecule has 1 fully saturated rings. The molecule has 0 bridgehead atoms. The van der Waals surface area contributed by atoms with Crippen LogP contribution in [0.2, 0.25) is 0 Å². The summed E-state index contributed by atoms with van der Waals surface area (Å²) in [5.74, 6) is -0.324. The van der Waals surface area contributed by atoms with E-state index in [-0.39, 0.29) is 5.69 Å². The lowest BCUT2D eigenvalue weighted by Crippen LogP contribution is -2.41. The number of piperidine rings is 1. The Balaban J connectivity index is 2.07. The molecule has 1 saturated heterocycles. The van der Waals surface area contributed by atoms with Gasteiger partial charge < -0.3 is 15.3 Å². The van der Waals surface area contributed by atoms with Crippen LogP contribution in [0.1, 0.15) is 23.3 Å². The van der Waals surface area contributed by atoms with Gasteiger partial charge in [0.2, 0.25) is 0 Å². The van der Waals surface area contributed by atoms with Crippen molar-refractivity contribution in [2.45, 2.75) is 18.9 Å². The first-order valence-corrected chi connectivity index (χ1v) is 5.69. The average Bonchev–Trinajstić information content (AvgIpc) is 2.39. The Kier molecular flexibility index (Phi) is 3.53. The Bertz CT molecular complexity index is 387. The molecule has 0 atom stereocenters. The summed E-state index contributed by atoms with van der Waals surface area (Å²) in [6, 6.07) is 3.64. The third-order valence-corrected chi connectivity index (χ3v) is 3.09. The molecule has 1 aromatic rings. The molecule has 6 heteroatoms. The number of aromatic carboxylic acids is 1. The van der Waals surface area contributed by atoms with Crippen molar-refractivity contribution < 1.29 is 9.90 Å². The molecule has 1 aliphatic rings. The molecule has 2 N–H and O–H groups in total. The highest BCUT2D eigenvalue weighted by Gasteiger charge is 2.19. The number of hydrogen-bond donors (Lipinski definition) is 2. The van der Waals surface area contributed by atoms with Gasteiger partial charge in [0.05, 0.1) is 0 Å². The zero-order valence-corrected chi connectivity index (χ0v) is 9.76. The minimum atomic E-state index is -1.05. The first-order chi connectivity index (χ1) is 8.18. The minimum Gasteiger partial charge on any atom is -0.476 e. The quantitative estimate of drug-likeness (QED) is 0.789. The Labute approximate surface area is 99.7 Å². The summed E-state index contributed by atoms with van der Waals surface area (Å²) in [6.45, 7) is 2.02. The van der Waals surface area contributed by atoms with Gasteiger partial charge in [-0.3, -0.25) is 0 Å². The van der Waals surface area contributed by atoms with Gasteiger partial charge in [-0.1, -0.05) is 0 Å². The van der Waals surface area contributed by atoms with Gasteiger partial charge >= 0.3 is 5.97 Å². The number of hydrogen-bond acceptors (Lipinski definition) is 5. The van der Waals surface area contributed by atoms with Gasteiger partial charge in [-0.15, -0.1) is 10.2 Å². The van der Waals surface area contributed by atoms with E-state index in [1.54, 1.807) is 6.07 Å². The van der Waals surface area contributed by atoms with Crippen molar-refractivity contribution in [3.05, 3.63) is 17.8 Å². The van der Waals surface area contributed by atoms with Crippen LogP contribution < -0.4 is 10.2 Å². The molecule has 17 heavy (non-hydrogen) atoms. The highest BCUT2D eigenvalue weighted by atomic mass is 16.4. The monoisotopic (exact) mass is 236 g/mol. The average molecular weight is 236 g/mol. The van der Waals surface area contributed by atoms with E-state index < -0.39 is 5.97 Å². The van der Waals surface area contributed by atoms with E-state index in [0.717, 1.165) is 31.7 Å². The van der Waals surface area contributed by atoms with Gasteiger partial charge in [-0.05, 0) is 38.1 Å². The largest absolute Gasteiger partial charge is 0.476 e. The molecule has 2 heterocycles. The van der Waals surface area contributed by atoms with Crippen molar-refractivity contribution in [3.63, 3.8) is 0 Å². The number of carbonyl (C=O) groups is 1. The fourth-order valence-corrected chi connectivity index (χ4v) is 2.01. The SMILES string of the molecule is CN(c1ccc(C(=O)O)nn1)C1CCNCC1. The zero-order valence-electron chi connectivity index (χ0n) is 9.76. The molecule has 1 aromatic heterocycles. The summed E-state index contributed by atoms with van der Waals surface area (Å²) in [7, 11) is 1.97. The van der Waals surface area contributed by atoms with Gasteiger partial charge in [-0.25, -0.2) is 4.79 Å². The summed E-state index contributed by atoms with van der Waals surface area (Å²) >= 11 is 0. The van der Waals surface area contributed by atoms with Crippen LogP contribution in [-0.2, 0) is 0 Å². The predicted molar refractivity (Wildman–Crippen MR) is 63.3 cm³/mol. The number of aromatic nitrogens is 2. The van der Waals surface area contributed by atoms with Crippen LogP contribution in [-0.4, -0.2) is 47.5 Å². The van der Waals surface area contributed by atoms with Gasteiger partial charge in [0.25, 0.3) is 0 Å². The second-order valence-corrected chi connectivity index (χ2v) is 4.17. The molecule has 6 nitrogen and oxygen atoms in total. The Hall–Kier alpha value is -1.69. The number of rotatable bonds is 3. The summed E-state index contributed by atoms with van der Waals surface area (Å²) < 4.78 is 0. The lowest BCUT2D eigenvalue weighted by atomic mass is 10.1. The van der Waals surface area contributed by atoms with Crippen molar-refractivity contribution in [2.24, 2.45) is 0 Å². The van der Waals surface area contributed by atoms with E-state index in [1.165, 1.54) is 6.07 Å². The van der Waals surface area contributed by atoms with Crippen LogP contribution in [0.25, 0.3) is 0 Å². The zero-order chi connectivity index (χ0) is 12.3. The van der Waals surface area contributed by atoms with Crippen LogP contribution in [0.3, 0.4) is 0 Å². The lowest BCUT2D eigenvalue weighted by Gasteiger charge is -2.32. The Morgan fingerprint density at radius 2 is 2.12 bits per heavy atom. The van der Waals surface area contributed by atoms with Crippen LogP contribution in [0.5, 0.6) is 0 Å². The molecule has 0 saturated carbocycles. The molecule has 2 rings (SSSR count). The predicted octanol–water partition coefficient (Wildman–Crippen LogP) is 0.363. The number of nitrogens with one attached hydrogen (secondary N) is 1. The molecule has 0 radical (unpaired) electrons. The normalized spacial score (nSPS) is 16.8. The van der Waals surface area contributed by atoms with E-state index in [2.05, 4.69) is 20.4 Å². The topological polar surface area (TPSA) is 78.4 Å². The van der Waals surface area contributed by atoms with E-state index in [4.69, 9.17) is 5.11 Å². The molecule has 1 aliphatic heterocycles. The number of carboxylic acid groups (broad SMARTS) is 1. The van der Waals surface area contributed by atoms with Gasteiger partial charge in [-0.2, -0.15) is 0 Å². The van der Waals surface area contributed by atoms with Gasteiger partial charge in [0.15, 0.2) is 11.5 Å². The van der Waals surface area contributed by atoms with Crippen molar-refractivity contribution in [3.8, 4) is 0 Å². The third-order valence-electron chi connectivity index (χ3n) is 3.09. The van der Waals surface area contributed by atoms with E-state index in [9.17, 15) is 4.79 Å².